The largest absolute Gasteiger partial charge is 0.422 e. The van der Waals surface area contributed by atoms with Gasteiger partial charge in [-0.3, -0.25) is 0 Å². The van der Waals surface area contributed by atoms with Gasteiger partial charge in [-0.05, 0) is 49.6 Å². The fourth-order valence-corrected chi connectivity index (χ4v) is 11.5. The van der Waals surface area contributed by atoms with Crippen LogP contribution in [0.15, 0.2) is 121 Å². The third-order valence-electron chi connectivity index (χ3n) is 8.49. The Morgan fingerprint density at radius 2 is 1.02 bits per heavy atom. The lowest BCUT2D eigenvalue weighted by Gasteiger charge is -2.35. The van der Waals surface area contributed by atoms with E-state index in [9.17, 15) is 9.59 Å². The highest BCUT2D eigenvalue weighted by Crippen LogP contribution is 2.72. The lowest BCUT2D eigenvalue weighted by Crippen LogP contribution is -2.18. The van der Waals surface area contributed by atoms with Crippen LogP contribution in [0.4, 0.5) is 0 Å². The number of benzene rings is 4. The van der Waals surface area contributed by atoms with Gasteiger partial charge in [0.25, 0.3) is 0 Å². The van der Waals surface area contributed by atoms with Crippen LogP contribution in [0.3, 0.4) is 0 Å². The van der Waals surface area contributed by atoms with Gasteiger partial charge in [-0.2, -0.15) is 0 Å². The molecule has 4 aromatic carbocycles. The van der Waals surface area contributed by atoms with Gasteiger partial charge in [-0.1, -0.05) is 125 Å². The quantitative estimate of drug-likeness (QED) is 0.0501. The minimum Gasteiger partial charge on any atom is -0.422 e. The van der Waals surface area contributed by atoms with Crippen molar-refractivity contribution in [3.05, 3.63) is 144 Å². The van der Waals surface area contributed by atoms with Crippen molar-refractivity contribution in [3.8, 4) is 5.75 Å². The van der Waals surface area contributed by atoms with E-state index in [1.165, 1.54) is 0 Å². The van der Waals surface area contributed by atoms with E-state index in [4.69, 9.17) is 9.47 Å². The maximum Gasteiger partial charge on any atom is 0.343 e. The Morgan fingerprint density at radius 1 is 0.587 bits per heavy atom. The maximum atomic E-state index is 13.6. The molecule has 0 saturated heterocycles. The zero-order chi connectivity index (χ0) is 32.6. The average Bonchev–Trinajstić information content (AvgIpc) is 3.11. The SMILES string of the molecule is CCCC[P+](CCCC)(CCCC)[C@@H](/C=C(\OC(=O)c1ccccc1)c1ccccc1)c1ccccc1OC(=O)c1ccccc1. The number of hydrogen-bond acceptors (Lipinski definition) is 4. The molecule has 0 aliphatic rings. The first kappa shape index (κ1) is 34.9. The van der Waals surface area contributed by atoms with Gasteiger partial charge in [-0.15, -0.1) is 0 Å². The minimum atomic E-state index is -1.77. The monoisotopic (exact) mass is 635 g/mol. The maximum absolute atomic E-state index is 13.6. The van der Waals surface area contributed by atoms with Gasteiger partial charge in [0.1, 0.15) is 17.2 Å². The smallest absolute Gasteiger partial charge is 0.343 e. The Balaban J connectivity index is 1.93. The first-order valence-electron chi connectivity index (χ1n) is 16.8. The molecule has 240 valence electrons. The van der Waals surface area contributed by atoms with E-state index < -0.39 is 13.2 Å². The van der Waals surface area contributed by atoms with E-state index in [1.807, 2.05) is 84.9 Å². The lowest BCUT2D eigenvalue weighted by molar-refractivity contribution is 0.0690. The Hall–Kier alpha value is -4.01. The predicted molar refractivity (Wildman–Crippen MR) is 193 cm³/mol. The molecule has 4 aromatic rings. The third kappa shape index (κ3) is 9.50. The van der Waals surface area contributed by atoms with Crippen LogP contribution < -0.4 is 4.74 Å². The van der Waals surface area contributed by atoms with Crippen molar-refractivity contribution in [1.82, 2.24) is 0 Å². The van der Waals surface area contributed by atoms with Crippen LogP contribution >= 0.6 is 7.26 Å². The molecule has 0 radical (unpaired) electrons. The Bertz CT molecular complexity index is 1510. The molecule has 4 rings (SSSR count). The number of hydrogen-bond donors (Lipinski definition) is 0. The van der Waals surface area contributed by atoms with Crippen LogP contribution in [0.1, 0.15) is 96.8 Å². The van der Waals surface area contributed by atoms with Crippen molar-refractivity contribution in [2.45, 2.75) is 65.0 Å². The second-order valence-electron chi connectivity index (χ2n) is 11.8. The zero-order valence-electron chi connectivity index (χ0n) is 27.6. The van der Waals surface area contributed by atoms with Gasteiger partial charge in [0.05, 0.1) is 29.6 Å². The van der Waals surface area contributed by atoms with E-state index in [1.54, 1.807) is 24.3 Å². The van der Waals surface area contributed by atoms with E-state index in [2.05, 4.69) is 32.9 Å². The Kier molecular flexibility index (Phi) is 13.8. The van der Waals surface area contributed by atoms with Gasteiger partial charge < -0.3 is 9.47 Å². The lowest BCUT2D eigenvalue weighted by atomic mass is 10.1. The summed E-state index contributed by atoms with van der Waals surface area (Å²) in [5.74, 6) is 0.331. The summed E-state index contributed by atoms with van der Waals surface area (Å²) in [6.07, 6.45) is 12.3. The number of rotatable bonds is 17. The Labute approximate surface area is 276 Å². The molecule has 0 bridgehead atoms. The molecule has 0 aromatic heterocycles. The van der Waals surface area contributed by atoms with Crippen molar-refractivity contribution < 1.29 is 19.1 Å². The van der Waals surface area contributed by atoms with Crippen molar-refractivity contribution in [3.63, 3.8) is 0 Å². The first-order valence-corrected chi connectivity index (χ1v) is 19.2. The predicted octanol–water partition coefficient (Wildman–Crippen LogP) is 11.3. The number of esters is 2. The fourth-order valence-electron chi connectivity index (χ4n) is 5.93. The van der Waals surface area contributed by atoms with Crippen LogP contribution in [-0.2, 0) is 4.74 Å². The standard InChI is InChI=1S/C41H48O4P/c1-4-7-29-46(30-8-5-2,31-9-6-3)39(36-27-19-20-28-37(36)44-40(42)34-23-15-11-16-24-34)32-38(33-21-13-10-14-22-33)45-41(43)35-25-17-12-18-26-35/h10-28,32,39H,4-9,29-31H2,1-3H3/q+1/b38-32-/t39-/m0/s1. The molecule has 0 aliphatic heterocycles. The molecule has 1 atom stereocenters. The summed E-state index contributed by atoms with van der Waals surface area (Å²) in [5.41, 5.74) is 2.76. The molecule has 0 amide bonds. The van der Waals surface area contributed by atoms with Crippen LogP contribution in [0.2, 0.25) is 0 Å². The highest BCUT2D eigenvalue weighted by Gasteiger charge is 2.45. The normalized spacial score (nSPS) is 12.4. The average molecular weight is 636 g/mol. The summed E-state index contributed by atoms with van der Waals surface area (Å²) in [6, 6.07) is 36.1. The molecular weight excluding hydrogens is 587 g/mol. The van der Waals surface area contributed by atoms with E-state index >= 15 is 0 Å². The van der Waals surface area contributed by atoms with Gasteiger partial charge in [0, 0.05) is 24.5 Å². The molecule has 0 saturated carbocycles. The summed E-state index contributed by atoms with van der Waals surface area (Å²) in [6.45, 7) is 6.77. The van der Waals surface area contributed by atoms with Gasteiger partial charge in [0.15, 0.2) is 0 Å². The fraction of sp³-hybridized carbons (Fsp3) is 0.317. The number of unbranched alkanes of at least 4 members (excludes halogenated alkanes) is 3. The highest BCUT2D eigenvalue weighted by molar-refractivity contribution is 7.76. The summed E-state index contributed by atoms with van der Waals surface area (Å²) in [4.78, 5) is 27.0. The van der Waals surface area contributed by atoms with Crippen molar-refractivity contribution >= 4 is 25.0 Å². The highest BCUT2D eigenvalue weighted by atomic mass is 31.2. The molecule has 0 unspecified atom stereocenters. The van der Waals surface area contributed by atoms with Crippen LogP contribution in [0.25, 0.3) is 5.76 Å². The molecule has 0 aliphatic carbocycles. The number of allylic oxidation sites excluding steroid dienone is 1. The van der Waals surface area contributed by atoms with Crippen LogP contribution in [0.5, 0.6) is 5.75 Å². The number of carbonyl (C=O) groups is 2. The second-order valence-corrected chi connectivity index (χ2v) is 16.2. The summed E-state index contributed by atoms with van der Waals surface area (Å²) < 4.78 is 12.5. The number of para-hydroxylation sites is 1. The molecule has 4 nitrogen and oxygen atoms in total. The second kappa shape index (κ2) is 18.2. The summed E-state index contributed by atoms with van der Waals surface area (Å²) >= 11 is 0. The van der Waals surface area contributed by atoms with Gasteiger partial charge >= 0.3 is 11.9 Å². The van der Waals surface area contributed by atoms with Crippen molar-refractivity contribution in [2.24, 2.45) is 0 Å². The number of carbonyl (C=O) groups excluding carboxylic acids is 2. The summed E-state index contributed by atoms with van der Waals surface area (Å²) in [5, 5.41) is 0. The molecule has 46 heavy (non-hydrogen) atoms. The third-order valence-corrected chi connectivity index (χ3v) is 13.7. The molecule has 0 fully saturated rings. The number of ether oxygens (including phenoxy) is 2. The molecule has 5 heteroatoms. The minimum absolute atomic E-state index is 0.0734. The van der Waals surface area contributed by atoms with E-state index in [0.29, 0.717) is 22.6 Å². The van der Waals surface area contributed by atoms with E-state index in [0.717, 1.165) is 68.1 Å². The zero-order valence-corrected chi connectivity index (χ0v) is 28.5. The van der Waals surface area contributed by atoms with Gasteiger partial charge in [-0.25, -0.2) is 9.59 Å². The van der Waals surface area contributed by atoms with Crippen molar-refractivity contribution in [2.75, 3.05) is 18.5 Å². The molecular formula is C41H48O4P+. The van der Waals surface area contributed by atoms with Crippen LogP contribution in [-0.4, -0.2) is 30.4 Å². The van der Waals surface area contributed by atoms with Gasteiger partial charge in [0.2, 0.25) is 0 Å². The molecule has 0 N–H and O–H groups in total. The Morgan fingerprint density at radius 3 is 1.52 bits per heavy atom. The topological polar surface area (TPSA) is 52.6 Å². The van der Waals surface area contributed by atoms with E-state index in [-0.39, 0.29) is 11.6 Å². The van der Waals surface area contributed by atoms with Crippen LogP contribution in [0, 0.1) is 0 Å². The summed E-state index contributed by atoms with van der Waals surface area (Å²) in [7, 11) is -1.77. The molecule has 0 spiro atoms. The first-order chi connectivity index (χ1) is 22.5. The van der Waals surface area contributed by atoms with Crippen molar-refractivity contribution in [1.29, 1.82) is 0 Å². The molecule has 0 heterocycles.